The highest BCUT2D eigenvalue weighted by Gasteiger charge is 2.04. The summed E-state index contributed by atoms with van der Waals surface area (Å²) in [5, 5.41) is 0.198. The maximum Gasteiger partial charge on any atom is 0.112 e. The molecular formula is C17H27BrO. The summed E-state index contributed by atoms with van der Waals surface area (Å²) < 4.78 is 5.79. The van der Waals surface area contributed by atoms with Crippen molar-refractivity contribution in [2.45, 2.75) is 69.9 Å². The highest BCUT2D eigenvalue weighted by molar-refractivity contribution is 9.09. The molecule has 108 valence electrons. The molecular weight excluding hydrogens is 300 g/mol. The molecule has 0 aliphatic rings. The zero-order chi connectivity index (χ0) is 13.8. The van der Waals surface area contributed by atoms with Crippen LogP contribution in [0.2, 0.25) is 0 Å². The first-order valence-electron chi connectivity index (χ1n) is 7.62. The molecule has 0 radical (unpaired) electrons. The fraction of sp³-hybridized carbons (Fsp3) is 0.647. The number of alkyl halides is 1. The van der Waals surface area contributed by atoms with Crippen LogP contribution in [0.4, 0.5) is 0 Å². The summed E-state index contributed by atoms with van der Waals surface area (Å²) in [4.78, 5) is 0. The topological polar surface area (TPSA) is 9.23 Å². The van der Waals surface area contributed by atoms with Crippen molar-refractivity contribution in [1.29, 1.82) is 0 Å². The largest absolute Gasteiger partial charge is 0.362 e. The number of ether oxygens (including phenoxy) is 1. The van der Waals surface area contributed by atoms with Crippen LogP contribution < -0.4 is 0 Å². The number of rotatable bonds is 11. The normalized spacial score (nSPS) is 12.5. The van der Waals surface area contributed by atoms with Gasteiger partial charge in [-0.2, -0.15) is 0 Å². The maximum absolute atomic E-state index is 5.79. The molecule has 1 aromatic carbocycles. The van der Waals surface area contributed by atoms with E-state index in [1.165, 1.54) is 50.5 Å². The third-order valence-corrected chi connectivity index (χ3v) is 4.03. The summed E-state index contributed by atoms with van der Waals surface area (Å²) in [5.41, 5.74) is 1.24. The van der Waals surface area contributed by atoms with Crippen LogP contribution in [0.1, 0.15) is 63.9 Å². The standard InChI is InChI=1S/C17H27BrO/c1-2-3-4-5-6-7-11-14-17(18)19-15-16-12-9-8-10-13-16/h8-10,12-13,17H,2-7,11,14-15H2,1H3. The average Bonchev–Trinajstić information content (AvgIpc) is 2.45. The van der Waals surface area contributed by atoms with Crippen molar-refractivity contribution in [3.8, 4) is 0 Å². The van der Waals surface area contributed by atoms with E-state index in [0.717, 1.165) is 6.42 Å². The molecule has 0 aliphatic heterocycles. The zero-order valence-electron chi connectivity index (χ0n) is 12.1. The number of hydrogen-bond acceptors (Lipinski definition) is 1. The van der Waals surface area contributed by atoms with Crippen LogP contribution in [0.15, 0.2) is 30.3 Å². The van der Waals surface area contributed by atoms with E-state index in [9.17, 15) is 0 Å². The smallest absolute Gasteiger partial charge is 0.112 e. The summed E-state index contributed by atoms with van der Waals surface area (Å²) in [6.07, 6.45) is 10.6. The summed E-state index contributed by atoms with van der Waals surface area (Å²) in [7, 11) is 0. The lowest BCUT2D eigenvalue weighted by atomic mass is 10.1. The molecule has 1 nitrogen and oxygen atoms in total. The van der Waals surface area contributed by atoms with E-state index in [1.54, 1.807) is 0 Å². The van der Waals surface area contributed by atoms with Gasteiger partial charge >= 0.3 is 0 Å². The van der Waals surface area contributed by atoms with Gasteiger partial charge in [0.05, 0.1) is 6.61 Å². The van der Waals surface area contributed by atoms with Gasteiger partial charge in [-0.3, -0.25) is 0 Å². The van der Waals surface area contributed by atoms with E-state index in [4.69, 9.17) is 4.74 Å². The Morgan fingerprint density at radius 1 is 0.947 bits per heavy atom. The molecule has 1 rings (SSSR count). The van der Waals surface area contributed by atoms with Gasteiger partial charge < -0.3 is 4.74 Å². The van der Waals surface area contributed by atoms with Crippen LogP contribution in [0.3, 0.4) is 0 Å². The summed E-state index contributed by atoms with van der Waals surface area (Å²) in [6, 6.07) is 10.4. The fourth-order valence-corrected chi connectivity index (χ4v) is 2.56. The van der Waals surface area contributed by atoms with Crippen LogP contribution in [0.5, 0.6) is 0 Å². The lowest BCUT2D eigenvalue weighted by Gasteiger charge is -2.11. The molecule has 0 N–H and O–H groups in total. The Morgan fingerprint density at radius 3 is 2.26 bits per heavy atom. The molecule has 2 heteroatoms. The summed E-state index contributed by atoms with van der Waals surface area (Å²) in [6.45, 7) is 2.97. The van der Waals surface area contributed by atoms with E-state index in [0.29, 0.717) is 6.61 Å². The van der Waals surface area contributed by atoms with Gasteiger partial charge in [0.15, 0.2) is 0 Å². The monoisotopic (exact) mass is 326 g/mol. The third kappa shape index (κ3) is 9.23. The highest BCUT2D eigenvalue weighted by Crippen LogP contribution is 2.16. The Hall–Kier alpha value is -0.340. The Morgan fingerprint density at radius 2 is 1.58 bits per heavy atom. The van der Waals surface area contributed by atoms with Crippen LogP contribution in [0, 0.1) is 0 Å². The van der Waals surface area contributed by atoms with Crippen molar-refractivity contribution in [2.75, 3.05) is 0 Å². The fourth-order valence-electron chi connectivity index (χ4n) is 2.11. The molecule has 0 heterocycles. The molecule has 0 bridgehead atoms. The van der Waals surface area contributed by atoms with Gasteiger partial charge in [0.1, 0.15) is 5.01 Å². The Bertz CT molecular complexity index is 299. The van der Waals surface area contributed by atoms with Gasteiger partial charge in [0.2, 0.25) is 0 Å². The Balaban J connectivity index is 1.95. The highest BCUT2D eigenvalue weighted by atomic mass is 79.9. The zero-order valence-corrected chi connectivity index (χ0v) is 13.7. The molecule has 0 saturated heterocycles. The number of hydrogen-bond donors (Lipinski definition) is 0. The predicted molar refractivity (Wildman–Crippen MR) is 86.6 cm³/mol. The minimum atomic E-state index is 0.198. The summed E-state index contributed by atoms with van der Waals surface area (Å²) in [5.74, 6) is 0. The Labute approximate surface area is 126 Å². The SMILES string of the molecule is CCCCCCCCCC(Br)OCc1ccccc1. The van der Waals surface area contributed by atoms with Crippen molar-refractivity contribution in [1.82, 2.24) is 0 Å². The van der Waals surface area contributed by atoms with Gasteiger partial charge in [-0.15, -0.1) is 0 Å². The van der Waals surface area contributed by atoms with Crippen LogP contribution >= 0.6 is 15.9 Å². The lowest BCUT2D eigenvalue weighted by Crippen LogP contribution is -2.04. The average molecular weight is 327 g/mol. The first-order valence-corrected chi connectivity index (χ1v) is 8.54. The number of benzene rings is 1. The van der Waals surface area contributed by atoms with Gasteiger partial charge in [-0.25, -0.2) is 0 Å². The lowest BCUT2D eigenvalue weighted by molar-refractivity contribution is 0.0963. The van der Waals surface area contributed by atoms with Crippen molar-refractivity contribution in [3.63, 3.8) is 0 Å². The molecule has 1 aromatic rings. The molecule has 1 atom stereocenters. The van der Waals surface area contributed by atoms with Gasteiger partial charge in [-0.05, 0) is 18.4 Å². The van der Waals surface area contributed by atoms with E-state index in [-0.39, 0.29) is 5.01 Å². The van der Waals surface area contributed by atoms with Crippen LogP contribution in [0.25, 0.3) is 0 Å². The molecule has 0 aliphatic carbocycles. The second-order valence-corrected chi connectivity index (χ2v) is 6.14. The second-order valence-electron chi connectivity index (χ2n) is 5.12. The minimum Gasteiger partial charge on any atom is -0.362 e. The van der Waals surface area contributed by atoms with E-state index >= 15 is 0 Å². The predicted octanol–water partition coefficient (Wildman–Crippen LogP) is 6.06. The van der Waals surface area contributed by atoms with Crippen molar-refractivity contribution < 1.29 is 4.74 Å². The Kier molecular flexibility index (Phi) is 10.1. The van der Waals surface area contributed by atoms with Gasteiger partial charge in [-0.1, -0.05) is 91.7 Å². The van der Waals surface area contributed by atoms with Gasteiger partial charge in [0, 0.05) is 0 Å². The second kappa shape index (κ2) is 11.5. The molecule has 0 amide bonds. The van der Waals surface area contributed by atoms with Gasteiger partial charge in [0.25, 0.3) is 0 Å². The number of unbranched alkanes of at least 4 members (excludes halogenated alkanes) is 6. The van der Waals surface area contributed by atoms with E-state index in [1.807, 2.05) is 6.07 Å². The molecule has 19 heavy (non-hydrogen) atoms. The summed E-state index contributed by atoms with van der Waals surface area (Å²) >= 11 is 3.61. The number of halogens is 1. The van der Waals surface area contributed by atoms with E-state index in [2.05, 4.69) is 47.1 Å². The van der Waals surface area contributed by atoms with Crippen LogP contribution in [-0.4, -0.2) is 5.01 Å². The molecule has 0 aromatic heterocycles. The first kappa shape index (κ1) is 16.7. The van der Waals surface area contributed by atoms with Crippen molar-refractivity contribution in [3.05, 3.63) is 35.9 Å². The third-order valence-electron chi connectivity index (χ3n) is 3.31. The molecule has 0 fully saturated rings. The van der Waals surface area contributed by atoms with E-state index < -0.39 is 0 Å². The molecule has 0 spiro atoms. The van der Waals surface area contributed by atoms with Crippen molar-refractivity contribution >= 4 is 15.9 Å². The van der Waals surface area contributed by atoms with Crippen molar-refractivity contribution in [2.24, 2.45) is 0 Å². The molecule has 1 unspecified atom stereocenters. The first-order chi connectivity index (χ1) is 9.33. The quantitative estimate of drug-likeness (QED) is 0.354. The van der Waals surface area contributed by atoms with Crippen LogP contribution in [-0.2, 0) is 11.3 Å². The molecule has 0 saturated carbocycles. The minimum absolute atomic E-state index is 0.198. The maximum atomic E-state index is 5.79.